The van der Waals surface area contributed by atoms with Crippen molar-refractivity contribution in [3.05, 3.63) is 36.2 Å². The number of hydrogen-bond acceptors (Lipinski definition) is 5. The fourth-order valence-electron chi connectivity index (χ4n) is 3.90. The van der Waals surface area contributed by atoms with Crippen molar-refractivity contribution in [2.45, 2.75) is 19.3 Å². The third-order valence-corrected chi connectivity index (χ3v) is 5.68. The van der Waals surface area contributed by atoms with Crippen molar-refractivity contribution in [1.82, 2.24) is 4.90 Å². The number of aliphatic imine (C=N–C) groups is 1. The van der Waals surface area contributed by atoms with Crippen molar-refractivity contribution in [3.63, 3.8) is 0 Å². The van der Waals surface area contributed by atoms with E-state index in [4.69, 9.17) is 4.74 Å². The van der Waals surface area contributed by atoms with Gasteiger partial charge in [0.2, 0.25) is 0 Å². The minimum absolute atomic E-state index is 0.0401. The molecule has 1 amide bonds. The number of carbonyl (C=O) groups is 1. The highest BCUT2D eigenvalue weighted by Gasteiger charge is 2.35. The molecule has 6 heteroatoms. The Morgan fingerprint density at radius 1 is 1.27 bits per heavy atom. The van der Waals surface area contributed by atoms with Crippen molar-refractivity contribution in [2.75, 3.05) is 31.0 Å². The number of allylic oxidation sites excluding steroid dienone is 2. The first-order valence-electron chi connectivity index (χ1n) is 9.23. The molecule has 0 radical (unpaired) electrons. The number of carbonyl (C=O) groups excluding carboxylic acids is 1. The van der Waals surface area contributed by atoms with E-state index < -0.39 is 0 Å². The number of nitrogens with one attached hydrogen (secondary N) is 2. The third kappa shape index (κ3) is 2.40. The molecule has 1 fully saturated rings. The Morgan fingerprint density at radius 2 is 2.08 bits per heavy atom. The number of ether oxygens (including phenoxy) is 1. The highest BCUT2D eigenvalue weighted by molar-refractivity contribution is 6.44. The van der Waals surface area contributed by atoms with Crippen LogP contribution in [0.1, 0.15) is 24.8 Å². The lowest BCUT2D eigenvalue weighted by Crippen LogP contribution is -2.37. The second-order valence-corrected chi connectivity index (χ2v) is 7.37. The van der Waals surface area contributed by atoms with E-state index in [1.807, 2.05) is 12.3 Å². The molecule has 0 saturated heterocycles. The summed E-state index contributed by atoms with van der Waals surface area (Å²) < 4.78 is 6.25. The fraction of sp³-hybridized carbons (Fsp3) is 0.400. The molecule has 5 rings (SSSR count). The standard InChI is InChI=1S/C20H22N4O2/c1-24-9-15(13-5-6-21-19(13)20(24)25)14-7-16-17(23-11-22-16)8-18(14)26-10-12-3-2-4-12/h5-9,12-13,22-23H,2-4,10-11H2,1H3. The molecule has 0 bridgehead atoms. The Labute approximate surface area is 152 Å². The Bertz CT molecular complexity index is 867. The van der Waals surface area contributed by atoms with E-state index in [0.29, 0.717) is 18.3 Å². The van der Waals surface area contributed by atoms with Crippen LogP contribution in [0.2, 0.25) is 0 Å². The molecule has 4 aliphatic rings. The second-order valence-electron chi connectivity index (χ2n) is 7.37. The zero-order valence-electron chi connectivity index (χ0n) is 14.8. The van der Waals surface area contributed by atoms with Gasteiger partial charge < -0.3 is 20.3 Å². The van der Waals surface area contributed by atoms with Crippen LogP contribution in [0.3, 0.4) is 0 Å². The number of rotatable bonds is 4. The van der Waals surface area contributed by atoms with Crippen LogP contribution < -0.4 is 15.4 Å². The van der Waals surface area contributed by atoms with E-state index in [0.717, 1.165) is 34.9 Å². The average molecular weight is 350 g/mol. The molecule has 0 aromatic heterocycles. The predicted molar refractivity (Wildman–Crippen MR) is 102 cm³/mol. The van der Waals surface area contributed by atoms with Crippen molar-refractivity contribution in [3.8, 4) is 5.75 Å². The number of nitrogens with zero attached hydrogens (tertiary/aromatic N) is 2. The zero-order valence-corrected chi connectivity index (χ0v) is 14.8. The first-order valence-corrected chi connectivity index (χ1v) is 9.23. The summed E-state index contributed by atoms with van der Waals surface area (Å²) in [5, 5.41) is 6.69. The molecule has 1 aromatic rings. The van der Waals surface area contributed by atoms with Crippen LogP contribution in [0.5, 0.6) is 5.75 Å². The van der Waals surface area contributed by atoms with E-state index in [1.54, 1.807) is 18.1 Å². The Balaban J connectivity index is 1.56. The molecule has 1 aliphatic carbocycles. The lowest BCUT2D eigenvalue weighted by molar-refractivity contribution is -0.121. The lowest BCUT2D eigenvalue weighted by Gasteiger charge is -2.29. The van der Waals surface area contributed by atoms with Gasteiger partial charge in [-0.05, 0) is 30.4 Å². The molecule has 6 nitrogen and oxygen atoms in total. The quantitative estimate of drug-likeness (QED) is 0.876. The number of fused-ring (bicyclic) bond motifs is 2. The van der Waals surface area contributed by atoms with Gasteiger partial charge in [0, 0.05) is 31.1 Å². The molecule has 1 atom stereocenters. The summed E-state index contributed by atoms with van der Waals surface area (Å²) in [4.78, 5) is 18.3. The fourth-order valence-corrected chi connectivity index (χ4v) is 3.90. The SMILES string of the molecule is CN1C=C(c2cc3c(cc2OCC2CCC2)NCN3)C2C=CN=C2C1=O. The summed E-state index contributed by atoms with van der Waals surface area (Å²) in [7, 11) is 1.78. The summed E-state index contributed by atoms with van der Waals surface area (Å²) in [5.41, 5.74) is 4.80. The van der Waals surface area contributed by atoms with Gasteiger partial charge in [-0.25, -0.2) is 0 Å². The van der Waals surface area contributed by atoms with Gasteiger partial charge in [-0.2, -0.15) is 0 Å². The van der Waals surface area contributed by atoms with Crippen LogP contribution in [0.25, 0.3) is 5.57 Å². The first-order chi connectivity index (χ1) is 12.7. The summed E-state index contributed by atoms with van der Waals surface area (Å²) >= 11 is 0. The van der Waals surface area contributed by atoms with Crippen LogP contribution in [0.15, 0.2) is 35.6 Å². The highest BCUT2D eigenvalue weighted by atomic mass is 16.5. The van der Waals surface area contributed by atoms with Gasteiger partial charge in [0.25, 0.3) is 5.91 Å². The predicted octanol–water partition coefficient (Wildman–Crippen LogP) is 3.06. The molecule has 3 heterocycles. The molecule has 2 N–H and O–H groups in total. The summed E-state index contributed by atoms with van der Waals surface area (Å²) in [5.74, 6) is 1.40. The van der Waals surface area contributed by atoms with Crippen LogP contribution in [-0.4, -0.2) is 36.8 Å². The molecular weight excluding hydrogens is 328 g/mol. The van der Waals surface area contributed by atoms with Gasteiger partial charge in [-0.15, -0.1) is 0 Å². The maximum absolute atomic E-state index is 12.4. The Morgan fingerprint density at radius 3 is 2.85 bits per heavy atom. The van der Waals surface area contributed by atoms with Crippen LogP contribution in [0, 0.1) is 11.8 Å². The number of anilines is 2. The second kappa shape index (κ2) is 5.90. The maximum Gasteiger partial charge on any atom is 0.272 e. The normalized spacial score (nSPS) is 23.5. The molecule has 1 saturated carbocycles. The molecule has 1 unspecified atom stereocenters. The average Bonchev–Trinajstić information content (AvgIpc) is 3.25. The first kappa shape index (κ1) is 15.5. The minimum atomic E-state index is -0.0998. The van der Waals surface area contributed by atoms with E-state index in [2.05, 4.69) is 27.8 Å². The van der Waals surface area contributed by atoms with Crippen molar-refractivity contribution in [1.29, 1.82) is 0 Å². The highest BCUT2D eigenvalue weighted by Crippen LogP contribution is 2.43. The van der Waals surface area contributed by atoms with Crippen LogP contribution in [0.4, 0.5) is 11.4 Å². The van der Waals surface area contributed by atoms with Crippen LogP contribution in [-0.2, 0) is 4.79 Å². The van der Waals surface area contributed by atoms with E-state index >= 15 is 0 Å². The Kier molecular flexibility index (Phi) is 3.51. The smallest absolute Gasteiger partial charge is 0.272 e. The van der Waals surface area contributed by atoms with Crippen molar-refractivity contribution >= 4 is 28.6 Å². The molecule has 134 valence electrons. The molecule has 0 spiro atoms. The van der Waals surface area contributed by atoms with Gasteiger partial charge >= 0.3 is 0 Å². The van der Waals surface area contributed by atoms with Gasteiger partial charge in [-0.3, -0.25) is 9.79 Å². The monoisotopic (exact) mass is 350 g/mol. The molecule has 1 aromatic carbocycles. The maximum atomic E-state index is 12.4. The lowest BCUT2D eigenvalue weighted by atomic mass is 9.85. The number of amides is 1. The van der Waals surface area contributed by atoms with Crippen molar-refractivity contribution in [2.24, 2.45) is 16.8 Å². The van der Waals surface area contributed by atoms with E-state index in [-0.39, 0.29) is 11.8 Å². The molecule has 26 heavy (non-hydrogen) atoms. The van der Waals surface area contributed by atoms with Gasteiger partial charge in [0.05, 0.1) is 30.6 Å². The minimum Gasteiger partial charge on any atom is -0.493 e. The van der Waals surface area contributed by atoms with Gasteiger partial charge in [-0.1, -0.05) is 12.5 Å². The van der Waals surface area contributed by atoms with E-state index in [1.165, 1.54) is 19.3 Å². The van der Waals surface area contributed by atoms with Gasteiger partial charge in [0.1, 0.15) is 11.5 Å². The summed E-state index contributed by atoms with van der Waals surface area (Å²) in [6.45, 7) is 1.47. The number of hydrogen-bond donors (Lipinski definition) is 2. The summed E-state index contributed by atoms with van der Waals surface area (Å²) in [6, 6.07) is 4.21. The van der Waals surface area contributed by atoms with E-state index in [9.17, 15) is 4.79 Å². The Hall–Kier alpha value is -2.76. The zero-order chi connectivity index (χ0) is 17.7. The molecule has 3 aliphatic heterocycles. The van der Waals surface area contributed by atoms with Gasteiger partial charge in [0.15, 0.2) is 0 Å². The molecular formula is C20H22N4O2. The largest absolute Gasteiger partial charge is 0.493 e. The van der Waals surface area contributed by atoms with Crippen molar-refractivity contribution < 1.29 is 9.53 Å². The topological polar surface area (TPSA) is 66.0 Å². The third-order valence-electron chi connectivity index (χ3n) is 5.68. The van der Waals surface area contributed by atoms with Crippen LogP contribution >= 0.6 is 0 Å². The summed E-state index contributed by atoms with van der Waals surface area (Å²) in [6.07, 6.45) is 9.45. The number of benzene rings is 1.